The van der Waals surface area contributed by atoms with Crippen molar-refractivity contribution in [1.29, 1.82) is 0 Å². The van der Waals surface area contributed by atoms with Gasteiger partial charge in [-0.1, -0.05) is 36.4 Å². The van der Waals surface area contributed by atoms with Gasteiger partial charge in [0, 0.05) is 37.6 Å². The average Bonchev–Trinajstić information content (AvgIpc) is 2.93. The number of carbonyl (C=O) groups is 1. The third kappa shape index (κ3) is 3.40. The van der Waals surface area contributed by atoms with E-state index in [0.717, 1.165) is 25.0 Å². The van der Waals surface area contributed by atoms with Crippen molar-refractivity contribution in [3.05, 3.63) is 66.3 Å². The van der Waals surface area contributed by atoms with Crippen molar-refractivity contribution < 1.29 is 4.79 Å². The monoisotopic (exact) mass is 334 g/mol. The van der Waals surface area contributed by atoms with Crippen LogP contribution in [-0.4, -0.2) is 39.5 Å². The fourth-order valence-electron chi connectivity index (χ4n) is 3.86. The van der Waals surface area contributed by atoms with Crippen LogP contribution in [-0.2, 0) is 6.42 Å². The largest absolute Gasteiger partial charge is 0.338 e. The number of fused-ring (bicyclic) bond motifs is 2. The molecule has 1 aromatic heterocycles. The molecule has 5 nitrogen and oxygen atoms in total. The van der Waals surface area contributed by atoms with E-state index in [1.165, 1.54) is 11.1 Å². The van der Waals surface area contributed by atoms with Crippen LogP contribution in [0.2, 0.25) is 0 Å². The number of urea groups is 1. The Labute approximate surface area is 147 Å². The van der Waals surface area contributed by atoms with Crippen LogP contribution in [0.1, 0.15) is 30.5 Å². The summed E-state index contributed by atoms with van der Waals surface area (Å²) in [6.45, 7) is 0.586. The van der Waals surface area contributed by atoms with Crippen LogP contribution in [0.15, 0.2) is 55.0 Å². The number of benzene rings is 1. The molecule has 2 aliphatic heterocycles. The Bertz CT molecular complexity index is 760. The lowest BCUT2D eigenvalue weighted by Gasteiger charge is -2.34. The molecule has 128 valence electrons. The molecular weight excluding hydrogens is 312 g/mol. The summed E-state index contributed by atoms with van der Waals surface area (Å²) in [7, 11) is 0. The van der Waals surface area contributed by atoms with E-state index in [0.29, 0.717) is 19.0 Å². The number of hydrogen-bond acceptors (Lipinski definition) is 3. The molecule has 1 fully saturated rings. The van der Waals surface area contributed by atoms with E-state index in [1.807, 2.05) is 11.0 Å². The van der Waals surface area contributed by atoms with Crippen molar-refractivity contribution in [2.45, 2.75) is 37.8 Å². The number of nitrogens with one attached hydrogen (secondary N) is 1. The highest BCUT2D eigenvalue weighted by Crippen LogP contribution is 2.38. The van der Waals surface area contributed by atoms with Gasteiger partial charge in [0.2, 0.25) is 0 Å². The minimum absolute atomic E-state index is 0.0414. The van der Waals surface area contributed by atoms with Crippen LogP contribution in [0.4, 0.5) is 4.79 Å². The van der Waals surface area contributed by atoms with Crippen LogP contribution in [0.25, 0.3) is 5.57 Å². The molecule has 0 spiro atoms. The molecule has 1 aromatic carbocycles. The zero-order valence-corrected chi connectivity index (χ0v) is 14.1. The van der Waals surface area contributed by atoms with Crippen molar-refractivity contribution in [2.75, 3.05) is 6.54 Å². The van der Waals surface area contributed by atoms with Crippen LogP contribution in [0, 0.1) is 0 Å². The maximum atomic E-state index is 12.6. The van der Waals surface area contributed by atoms with E-state index in [-0.39, 0.29) is 12.1 Å². The molecule has 0 radical (unpaired) electrons. The molecule has 3 heterocycles. The fraction of sp³-hybridized carbons (Fsp3) is 0.350. The summed E-state index contributed by atoms with van der Waals surface area (Å²) in [4.78, 5) is 23.0. The molecule has 2 aromatic rings. The molecule has 5 heteroatoms. The van der Waals surface area contributed by atoms with Gasteiger partial charge in [0.15, 0.2) is 0 Å². The van der Waals surface area contributed by atoms with E-state index in [9.17, 15) is 4.79 Å². The first kappa shape index (κ1) is 15.8. The highest BCUT2D eigenvalue weighted by atomic mass is 16.2. The van der Waals surface area contributed by atoms with Crippen molar-refractivity contribution in [3.8, 4) is 0 Å². The van der Waals surface area contributed by atoms with Crippen LogP contribution >= 0.6 is 0 Å². The van der Waals surface area contributed by atoms with E-state index in [4.69, 9.17) is 0 Å². The Morgan fingerprint density at radius 2 is 2.08 bits per heavy atom. The van der Waals surface area contributed by atoms with Gasteiger partial charge in [0.05, 0.1) is 11.7 Å². The van der Waals surface area contributed by atoms with Gasteiger partial charge >= 0.3 is 6.03 Å². The molecule has 0 aliphatic carbocycles. The predicted octanol–water partition coefficient (Wildman–Crippen LogP) is 3.05. The molecule has 1 N–H and O–H groups in total. The zero-order valence-electron chi connectivity index (χ0n) is 14.1. The summed E-state index contributed by atoms with van der Waals surface area (Å²) in [6.07, 6.45) is 11.1. The third-order valence-electron chi connectivity index (χ3n) is 5.05. The van der Waals surface area contributed by atoms with Crippen molar-refractivity contribution in [1.82, 2.24) is 20.2 Å². The Kier molecular flexibility index (Phi) is 4.46. The van der Waals surface area contributed by atoms with Crippen LogP contribution < -0.4 is 5.32 Å². The quantitative estimate of drug-likeness (QED) is 0.935. The number of nitrogens with zero attached hydrogens (tertiary/aromatic N) is 3. The summed E-state index contributed by atoms with van der Waals surface area (Å²) in [5, 5.41) is 3.05. The second kappa shape index (κ2) is 7.05. The van der Waals surface area contributed by atoms with Crippen molar-refractivity contribution >= 4 is 11.6 Å². The average molecular weight is 334 g/mol. The second-order valence-corrected chi connectivity index (χ2v) is 6.65. The molecule has 2 bridgehead atoms. The lowest BCUT2D eigenvalue weighted by molar-refractivity contribution is 0.180. The fourth-order valence-corrected chi connectivity index (χ4v) is 3.86. The number of rotatable bonds is 4. The molecule has 2 aliphatic rings. The van der Waals surface area contributed by atoms with Gasteiger partial charge < -0.3 is 10.2 Å². The van der Waals surface area contributed by atoms with Gasteiger partial charge in [-0.05, 0) is 30.4 Å². The van der Waals surface area contributed by atoms with Crippen LogP contribution in [0.5, 0.6) is 0 Å². The molecule has 1 saturated heterocycles. The highest BCUT2D eigenvalue weighted by molar-refractivity contribution is 5.78. The van der Waals surface area contributed by atoms with Crippen LogP contribution in [0.3, 0.4) is 0 Å². The first-order valence-electron chi connectivity index (χ1n) is 8.88. The minimum Gasteiger partial charge on any atom is -0.338 e. The van der Waals surface area contributed by atoms with E-state index < -0.39 is 0 Å². The first-order chi connectivity index (χ1) is 12.3. The SMILES string of the molecule is O=C(NCCc1cnccn1)N1C2C=C(c3ccccc3)CC1CC2. The summed E-state index contributed by atoms with van der Waals surface area (Å²) in [5.41, 5.74) is 3.55. The highest BCUT2D eigenvalue weighted by Gasteiger charge is 2.39. The van der Waals surface area contributed by atoms with Crippen molar-refractivity contribution in [3.63, 3.8) is 0 Å². The topological polar surface area (TPSA) is 58.1 Å². The molecule has 2 unspecified atom stereocenters. The van der Waals surface area contributed by atoms with E-state index >= 15 is 0 Å². The van der Waals surface area contributed by atoms with Gasteiger partial charge in [-0.25, -0.2) is 4.79 Å². The third-order valence-corrected chi connectivity index (χ3v) is 5.05. The minimum atomic E-state index is 0.0414. The molecule has 25 heavy (non-hydrogen) atoms. The Morgan fingerprint density at radius 3 is 2.84 bits per heavy atom. The summed E-state index contributed by atoms with van der Waals surface area (Å²) in [5.74, 6) is 0. The van der Waals surface area contributed by atoms with Gasteiger partial charge in [-0.2, -0.15) is 0 Å². The maximum Gasteiger partial charge on any atom is 0.318 e. The van der Waals surface area contributed by atoms with Gasteiger partial charge in [-0.3, -0.25) is 9.97 Å². The summed E-state index contributed by atoms with van der Waals surface area (Å²) in [6, 6.07) is 11.1. The van der Waals surface area contributed by atoms with E-state index in [1.54, 1.807) is 18.6 Å². The second-order valence-electron chi connectivity index (χ2n) is 6.65. The molecule has 2 amide bonds. The van der Waals surface area contributed by atoms with E-state index in [2.05, 4.69) is 45.6 Å². The Hall–Kier alpha value is -2.69. The summed E-state index contributed by atoms with van der Waals surface area (Å²) < 4.78 is 0. The molecular formula is C20H22N4O. The van der Waals surface area contributed by atoms with Gasteiger partial charge in [0.1, 0.15) is 0 Å². The first-order valence-corrected chi connectivity index (χ1v) is 8.88. The van der Waals surface area contributed by atoms with Gasteiger partial charge in [0.25, 0.3) is 0 Å². The maximum absolute atomic E-state index is 12.6. The number of hydrogen-bond donors (Lipinski definition) is 1. The standard InChI is InChI=1S/C20H22N4O/c25-20(23-9-8-17-14-21-10-11-22-17)24-18-6-7-19(24)13-16(12-18)15-4-2-1-3-5-15/h1-5,10-12,14,18-19H,6-9,13H2,(H,23,25). The molecule has 0 saturated carbocycles. The smallest absolute Gasteiger partial charge is 0.318 e. The number of carbonyl (C=O) groups excluding carboxylic acids is 1. The Balaban J connectivity index is 1.38. The molecule has 2 atom stereocenters. The number of amides is 2. The van der Waals surface area contributed by atoms with Crippen molar-refractivity contribution in [2.24, 2.45) is 0 Å². The Morgan fingerprint density at radius 1 is 1.20 bits per heavy atom. The lowest BCUT2D eigenvalue weighted by Crippen LogP contribution is -2.48. The zero-order chi connectivity index (χ0) is 17.1. The predicted molar refractivity (Wildman–Crippen MR) is 96.8 cm³/mol. The molecule has 4 rings (SSSR count). The van der Waals surface area contributed by atoms with Gasteiger partial charge in [-0.15, -0.1) is 0 Å². The number of aromatic nitrogens is 2. The summed E-state index contributed by atoms with van der Waals surface area (Å²) >= 11 is 0. The lowest BCUT2D eigenvalue weighted by atomic mass is 9.95. The normalized spacial score (nSPS) is 21.8.